The van der Waals surface area contributed by atoms with Gasteiger partial charge in [0.25, 0.3) is 5.69 Å². The van der Waals surface area contributed by atoms with Gasteiger partial charge < -0.3 is 28.3 Å². The number of carboxylic acids is 1. The van der Waals surface area contributed by atoms with E-state index in [9.17, 15) is 30.1 Å². The summed E-state index contributed by atoms with van der Waals surface area (Å²) in [5.41, 5.74) is -0.632. The van der Waals surface area contributed by atoms with Crippen LogP contribution < -0.4 is 0 Å². The number of nitro groups is 2. The molecule has 0 aliphatic heterocycles. The molecule has 0 bridgehead atoms. The summed E-state index contributed by atoms with van der Waals surface area (Å²) >= 11 is 10.4. The first kappa shape index (κ1) is 37.6. The molecule has 2 rings (SSSR count). The maximum Gasteiger partial charge on any atom is 0.335 e. The van der Waals surface area contributed by atoms with E-state index in [0.717, 1.165) is 12.1 Å². The Morgan fingerprint density at radius 3 is 1.57 bits per heavy atom. The van der Waals surface area contributed by atoms with Gasteiger partial charge in [0.15, 0.2) is 5.75 Å². The summed E-state index contributed by atoms with van der Waals surface area (Å²) in [7, 11) is 0. The van der Waals surface area contributed by atoms with Crippen molar-refractivity contribution >= 4 is 54.4 Å². The number of aryl methyl sites for hydroxylation is 1. The molecule has 0 atom stereocenters. The lowest BCUT2D eigenvalue weighted by Gasteiger charge is -2.27. The molecule has 0 saturated heterocycles. The van der Waals surface area contributed by atoms with Crippen LogP contribution in [0.4, 0.5) is 11.4 Å². The predicted molar refractivity (Wildman–Crippen MR) is 156 cm³/mol. The molecule has 0 saturated carbocycles. The Kier molecular flexibility index (Phi) is 17.7. The zero-order chi connectivity index (χ0) is 30.9. The minimum Gasteiger partial charge on any atom is -0.502 e. The van der Waals surface area contributed by atoms with E-state index in [1.807, 2.05) is 27.7 Å². The van der Waals surface area contributed by atoms with Crippen LogP contribution in [0.2, 0.25) is 0 Å². The zero-order valence-corrected chi connectivity index (χ0v) is 25.9. The van der Waals surface area contributed by atoms with Crippen LogP contribution >= 0.6 is 13.4 Å². The van der Waals surface area contributed by atoms with Gasteiger partial charge in [-0.05, 0) is 70.4 Å². The van der Waals surface area contributed by atoms with Crippen LogP contribution in [0, 0.1) is 27.2 Å². The molecule has 0 aromatic heterocycles. The molecule has 40 heavy (non-hydrogen) atoms. The molecule has 2 aromatic rings. The second kappa shape index (κ2) is 18.9. The van der Waals surface area contributed by atoms with Gasteiger partial charge in [0.1, 0.15) is 0 Å². The number of nitro benzene ring substituents is 2. The average molecular weight is 643 g/mol. The number of phenols is 1. The van der Waals surface area contributed by atoms with Crippen LogP contribution in [0.3, 0.4) is 0 Å². The number of hydrogen-bond acceptors (Lipinski definition) is 13. The molecule has 0 spiro atoms. The molecule has 14 nitrogen and oxygen atoms in total. The number of aromatic carboxylic acids is 1. The second-order valence-corrected chi connectivity index (χ2v) is 13.1. The SMILES string of the molecule is CCOP(=S)(OCC)OP(=S)(OCC)OCC.Cc1cc([N+](=O)[O-])cc([N+](=O)[O-])c1O.O=C(O)c1ccccc1. The first-order valence-electron chi connectivity index (χ1n) is 11.6. The van der Waals surface area contributed by atoms with Gasteiger partial charge in [-0.2, -0.15) is 0 Å². The fraction of sp³-hybridized carbons (Fsp3) is 0.409. The van der Waals surface area contributed by atoms with Gasteiger partial charge in [-0.25, -0.2) is 9.11 Å². The molecule has 0 amide bonds. The molecule has 2 aromatic carbocycles. The maximum absolute atomic E-state index is 10.4. The Labute approximate surface area is 242 Å². The lowest BCUT2D eigenvalue weighted by atomic mass is 10.1. The van der Waals surface area contributed by atoms with E-state index in [-0.39, 0.29) is 5.56 Å². The van der Waals surface area contributed by atoms with Crippen molar-refractivity contribution in [2.75, 3.05) is 26.4 Å². The Bertz CT molecular complexity index is 1170. The third kappa shape index (κ3) is 13.8. The number of carbonyl (C=O) groups is 1. The highest BCUT2D eigenvalue weighted by molar-refractivity contribution is 8.14. The van der Waals surface area contributed by atoms with Crippen LogP contribution in [0.5, 0.6) is 5.75 Å². The Morgan fingerprint density at radius 2 is 1.27 bits per heavy atom. The van der Waals surface area contributed by atoms with Crippen molar-refractivity contribution in [2.24, 2.45) is 0 Å². The summed E-state index contributed by atoms with van der Waals surface area (Å²) in [6.45, 7) is 4.44. The molecule has 0 heterocycles. The average Bonchev–Trinajstić information content (AvgIpc) is 2.86. The monoisotopic (exact) mass is 642 g/mol. The number of aromatic hydroxyl groups is 1. The third-order valence-corrected chi connectivity index (χ3v) is 10.4. The largest absolute Gasteiger partial charge is 0.502 e. The molecule has 0 aliphatic rings. The van der Waals surface area contributed by atoms with Crippen LogP contribution in [0.1, 0.15) is 43.6 Å². The highest BCUT2D eigenvalue weighted by atomic mass is 32.5. The quantitative estimate of drug-likeness (QED) is 0.137. The second-order valence-electron chi connectivity index (χ2n) is 6.96. The first-order chi connectivity index (χ1) is 18.7. The minimum atomic E-state index is -2.87. The van der Waals surface area contributed by atoms with Gasteiger partial charge in [0.2, 0.25) is 0 Å². The number of phenolic OH excluding ortho intramolecular Hbond substituents is 1. The van der Waals surface area contributed by atoms with Crippen LogP contribution in [0.15, 0.2) is 42.5 Å². The first-order valence-corrected chi connectivity index (χ1v) is 16.7. The summed E-state index contributed by atoms with van der Waals surface area (Å²) in [6.07, 6.45) is 0. The van der Waals surface area contributed by atoms with E-state index in [1.165, 1.54) is 6.92 Å². The summed E-state index contributed by atoms with van der Waals surface area (Å²) in [4.78, 5) is 29.3. The molecule has 2 N–H and O–H groups in total. The topological polar surface area (TPSA) is 190 Å². The Morgan fingerprint density at radius 1 is 0.850 bits per heavy atom. The number of hydrogen-bond donors (Lipinski definition) is 2. The molecular formula is C22H32N2O12P2S2. The molecule has 0 unspecified atom stereocenters. The number of non-ortho nitro benzene ring substituents is 1. The van der Waals surface area contributed by atoms with Gasteiger partial charge in [-0.3, -0.25) is 20.2 Å². The van der Waals surface area contributed by atoms with Crippen LogP contribution in [0.25, 0.3) is 0 Å². The highest BCUT2D eigenvalue weighted by Gasteiger charge is 2.32. The number of carboxylic acid groups (broad SMARTS) is 1. The van der Waals surface area contributed by atoms with Gasteiger partial charge in [-0.15, -0.1) is 0 Å². The fourth-order valence-electron chi connectivity index (χ4n) is 2.49. The summed E-state index contributed by atoms with van der Waals surface area (Å²) in [5, 5.41) is 38.3. The zero-order valence-electron chi connectivity index (χ0n) is 22.5. The van der Waals surface area contributed by atoms with Gasteiger partial charge in [0, 0.05) is 11.6 Å². The number of nitrogens with zero attached hydrogens (tertiary/aromatic N) is 2. The van der Waals surface area contributed by atoms with Gasteiger partial charge in [-0.1, -0.05) is 18.2 Å². The summed E-state index contributed by atoms with van der Waals surface area (Å²) in [5.74, 6) is -1.42. The minimum absolute atomic E-state index is 0.103. The summed E-state index contributed by atoms with van der Waals surface area (Å²) < 4.78 is 26.9. The molecule has 18 heteroatoms. The third-order valence-electron chi connectivity index (χ3n) is 4.04. The molecular weight excluding hydrogens is 610 g/mol. The van der Waals surface area contributed by atoms with Crippen molar-refractivity contribution in [3.05, 3.63) is 73.8 Å². The highest BCUT2D eigenvalue weighted by Crippen LogP contribution is 2.66. The van der Waals surface area contributed by atoms with E-state index in [4.69, 9.17) is 51.1 Å². The van der Waals surface area contributed by atoms with Crippen molar-refractivity contribution in [1.29, 1.82) is 0 Å². The van der Waals surface area contributed by atoms with Crippen LogP contribution in [-0.2, 0) is 46.0 Å². The van der Waals surface area contributed by atoms with Crippen molar-refractivity contribution < 1.29 is 47.3 Å². The predicted octanol–water partition coefficient (Wildman–Crippen LogP) is 6.50. The number of rotatable bonds is 13. The van der Waals surface area contributed by atoms with E-state index < -0.39 is 46.4 Å². The number of benzene rings is 2. The smallest absolute Gasteiger partial charge is 0.335 e. The van der Waals surface area contributed by atoms with Crippen molar-refractivity contribution in [1.82, 2.24) is 0 Å². The standard InChI is InChI=1S/C8H20O5P2S2.C7H6N2O5.C7H6O2/c1-5-9-14(16,10-6-2)13-15(17,11-7-3)12-8-4;1-4-2-5(8(11)12)3-6(7(4)10)9(13)14;8-7(9)6-4-2-1-3-5-6/h5-8H2,1-4H3;2-3,10H,1H3;1-5H,(H,8,9). The molecule has 224 valence electrons. The van der Waals surface area contributed by atoms with E-state index in [1.54, 1.807) is 30.3 Å². The molecule has 0 radical (unpaired) electrons. The lowest BCUT2D eigenvalue weighted by Crippen LogP contribution is -2.03. The normalized spacial score (nSPS) is 10.9. The van der Waals surface area contributed by atoms with E-state index in [2.05, 4.69) is 0 Å². The van der Waals surface area contributed by atoms with Crippen molar-refractivity contribution in [3.8, 4) is 5.75 Å². The van der Waals surface area contributed by atoms with Crippen molar-refractivity contribution in [2.45, 2.75) is 34.6 Å². The van der Waals surface area contributed by atoms with Crippen LogP contribution in [-0.4, -0.2) is 52.5 Å². The molecule has 0 fully saturated rings. The van der Waals surface area contributed by atoms with Gasteiger partial charge >= 0.3 is 25.1 Å². The van der Waals surface area contributed by atoms with Crippen molar-refractivity contribution in [3.63, 3.8) is 0 Å². The Hall–Kier alpha value is -2.39. The lowest BCUT2D eigenvalue weighted by molar-refractivity contribution is -0.394. The fourth-order valence-corrected chi connectivity index (χ4v) is 8.86. The van der Waals surface area contributed by atoms with E-state index in [0.29, 0.717) is 32.0 Å². The maximum atomic E-state index is 10.4. The molecule has 0 aliphatic carbocycles. The van der Waals surface area contributed by atoms with Gasteiger partial charge in [0.05, 0.1) is 47.9 Å². The van der Waals surface area contributed by atoms with E-state index >= 15 is 0 Å². The Balaban J connectivity index is 0.000000595. The summed E-state index contributed by atoms with van der Waals surface area (Å²) in [6, 6.07) is 10.1.